The highest BCUT2D eigenvalue weighted by molar-refractivity contribution is 5.86. The first-order chi connectivity index (χ1) is 10.5. The van der Waals surface area contributed by atoms with E-state index < -0.39 is 6.04 Å². The number of rotatable bonds is 3. The van der Waals surface area contributed by atoms with Crippen LogP contribution in [0.4, 0.5) is 0 Å². The number of nitrogens with zero attached hydrogens (tertiary/aromatic N) is 1. The Hall–Kier alpha value is -1.85. The second-order valence-electron chi connectivity index (χ2n) is 6.54. The summed E-state index contributed by atoms with van der Waals surface area (Å²) in [7, 11) is 0. The van der Waals surface area contributed by atoms with E-state index in [2.05, 4.69) is 11.1 Å². The fourth-order valence-corrected chi connectivity index (χ4v) is 3.06. The first-order valence-corrected chi connectivity index (χ1v) is 7.70. The summed E-state index contributed by atoms with van der Waals surface area (Å²) < 4.78 is 5.65. The Morgan fingerprint density at radius 2 is 2.23 bits per heavy atom. The van der Waals surface area contributed by atoms with Crippen LogP contribution in [0.1, 0.15) is 19.4 Å². The molecule has 1 aliphatic heterocycles. The summed E-state index contributed by atoms with van der Waals surface area (Å²) in [5, 5.41) is 1.13. The van der Waals surface area contributed by atoms with E-state index in [4.69, 9.17) is 10.5 Å². The number of fused-ring (bicyclic) bond motifs is 1. The molecule has 5 nitrogen and oxygen atoms in total. The van der Waals surface area contributed by atoms with Gasteiger partial charge in [0.2, 0.25) is 5.91 Å². The molecule has 0 spiro atoms. The number of aromatic nitrogens is 1. The molecule has 1 fully saturated rings. The van der Waals surface area contributed by atoms with E-state index in [9.17, 15) is 4.79 Å². The molecule has 1 aromatic carbocycles. The average molecular weight is 301 g/mol. The Kier molecular flexibility index (Phi) is 3.93. The van der Waals surface area contributed by atoms with Crippen molar-refractivity contribution in [3.63, 3.8) is 0 Å². The smallest absolute Gasteiger partial charge is 0.240 e. The van der Waals surface area contributed by atoms with Crippen LogP contribution in [0.3, 0.4) is 0 Å². The Bertz CT molecular complexity index is 677. The van der Waals surface area contributed by atoms with E-state index in [1.54, 1.807) is 0 Å². The highest BCUT2D eigenvalue weighted by Crippen LogP contribution is 2.21. The van der Waals surface area contributed by atoms with Crippen molar-refractivity contribution >= 4 is 16.8 Å². The molecule has 118 valence electrons. The van der Waals surface area contributed by atoms with E-state index in [-0.39, 0.29) is 11.5 Å². The number of morpholine rings is 1. The number of aromatic amines is 1. The third-order valence-electron chi connectivity index (χ3n) is 4.17. The lowest BCUT2D eigenvalue weighted by atomic mass is 10.0. The van der Waals surface area contributed by atoms with Crippen LogP contribution in [0.5, 0.6) is 0 Å². The number of nitrogens with two attached hydrogens (primary N) is 1. The zero-order valence-electron chi connectivity index (χ0n) is 13.1. The molecule has 0 bridgehead atoms. The van der Waals surface area contributed by atoms with Crippen molar-refractivity contribution in [3.05, 3.63) is 36.0 Å². The van der Waals surface area contributed by atoms with Gasteiger partial charge in [0, 0.05) is 30.2 Å². The molecule has 1 saturated heterocycles. The molecule has 3 N–H and O–H groups in total. The fraction of sp³-hybridized carbons (Fsp3) is 0.471. The molecule has 0 unspecified atom stereocenters. The van der Waals surface area contributed by atoms with Gasteiger partial charge in [-0.25, -0.2) is 0 Å². The summed E-state index contributed by atoms with van der Waals surface area (Å²) >= 11 is 0. The van der Waals surface area contributed by atoms with Gasteiger partial charge in [0.15, 0.2) is 0 Å². The van der Waals surface area contributed by atoms with Crippen LogP contribution >= 0.6 is 0 Å². The Morgan fingerprint density at radius 1 is 1.45 bits per heavy atom. The van der Waals surface area contributed by atoms with Gasteiger partial charge in [0.05, 0.1) is 18.2 Å². The van der Waals surface area contributed by atoms with Crippen molar-refractivity contribution < 1.29 is 9.53 Å². The maximum Gasteiger partial charge on any atom is 0.240 e. The van der Waals surface area contributed by atoms with Crippen LogP contribution < -0.4 is 5.73 Å². The summed E-state index contributed by atoms with van der Waals surface area (Å²) in [6, 6.07) is 7.54. The maximum absolute atomic E-state index is 12.6. The first-order valence-electron chi connectivity index (χ1n) is 7.70. The molecule has 22 heavy (non-hydrogen) atoms. The minimum absolute atomic E-state index is 0.00153. The number of ether oxygens (including phenoxy) is 1. The zero-order valence-corrected chi connectivity index (χ0v) is 13.1. The van der Waals surface area contributed by atoms with Gasteiger partial charge >= 0.3 is 0 Å². The van der Waals surface area contributed by atoms with Gasteiger partial charge in [-0.1, -0.05) is 18.2 Å². The standard InChI is InChI=1S/C17H23N3O2/c1-17(2)11-20(7-8-22-17)16(21)14(18)9-12-10-19-15-6-4-3-5-13(12)15/h3-6,10,14,19H,7-9,11,18H2,1-2H3/t14-/m0/s1. The van der Waals surface area contributed by atoms with Gasteiger partial charge in [-0.05, 0) is 31.9 Å². The quantitative estimate of drug-likeness (QED) is 0.906. The number of hydrogen-bond acceptors (Lipinski definition) is 3. The summed E-state index contributed by atoms with van der Waals surface area (Å²) in [4.78, 5) is 17.6. The van der Waals surface area contributed by atoms with Crippen LogP contribution in [0, 0.1) is 0 Å². The molecule has 0 radical (unpaired) electrons. The fourth-order valence-electron chi connectivity index (χ4n) is 3.06. The number of carbonyl (C=O) groups excluding carboxylic acids is 1. The molecule has 1 aliphatic rings. The Balaban J connectivity index is 1.71. The third kappa shape index (κ3) is 3.00. The summed E-state index contributed by atoms with van der Waals surface area (Å²) in [5.74, 6) is 0.00153. The van der Waals surface area contributed by atoms with Crippen LogP contribution in [0.2, 0.25) is 0 Å². The molecule has 2 heterocycles. The molecule has 5 heteroatoms. The minimum Gasteiger partial charge on any atom is -0.372 e. The molecular formula is C17H23N3O2. The van der Waals surface area contributed by atoms with Gasteiger partial charge in [0.1, 0.15) is 0 Å². The lowest BCUT2D eigenvalue weighted by Gasteiger charge is -2.39. The van der Waals surface area contributed by atoms with E-state index in [1.165, 1.54) is 0 Å². The van der Waals surface area contributed by atoms with Gasteiger partial charge in [-0.3, -0.25) is 4.79 Å². The summed E-state index contributed by atoms with van der Waals surface area (Å²) in [5.41, 5.74) is 8.04. The summed E-state index contributed by atoms with van der Waals surface area (Å²) in [6.07, 6.45) is 2.49. The van der Waals surface area contributed by atoms with Gasteiger partial charge in [0.25, 0.3) is 0 Å². The predicted molar refractivity (Wildman–Crippen MR) is 86.6 cm³/mol. The molecule has 1 amide bonds. The molecule has 3 rings (SSSR count). The number of amides is 1. The number of carbonyl (C=O) groups is 1. The van der Waals surface area contributed by atoms with Crippen molar-refractivity contribution in [2.24, 2.45) is 5.73 Å². The Labute approximate surface area is 130 Å². The highest BCUT2D eigenvalue weighted by Gasteiger charge is 2.32. The second-order valence-corrected chi connectivity index (χ2v) is 6.54. The number of H-pyrrole nitrogens is 1. The monoisotopic (exact) mass is 301 g/mol. The second kappa shape index (κ2) is 5.74. The van der Waals surface area contributed by atoms with Crippen LogP contribution in [0.25, 0.3) is 10.9 Å². The average Bonchev–Trinajstić information content (AvgIpc) is 2.89. The van der Waals surface area contributed by atoms with Crippen LogP contribution in [0.15, 0.2) is 30.5 Å². The van der Waals surface area contributed by atoms with Crippen LogP contribution in [-0.4, -0.2) is 47.1 Å². The van der Waals surface area contributed by atoms with Gasteiger partial charge in [-0.15, -0.1) is 0 Å². The molecule has 0 aliphatic carbocycles. The maximum atomic E-state index is 12.6. The topological polar surface area (TPSA) is 71.3 Å². The van der Waals surface area contributed by atoms with Crippen molar-refractivity contribution in [1.29, 1.82) is 0 Å². The normalized spacial score (nSPS) is 19.3. The first kappa shape index (κ1) is 15.1. The largest absolute Gasteiger partial charge is 0.372 e. The summed E-state index contributed by atoms with van der Waals surface area (Å²) in [6.45, 7) is 5.77. The number of para-hydroxylation sites is 1. The SMILES string of the molecule is CC1(C)CN(C(=O)[C@@H](N)Cc2c[nH]c3ccccc23)CCO1. The van der Waals surface area contributed by atoms with Gasteiger partial charge in [-0.2, -0.15) is 0 Å². The molecule has 2 aromatic rings. The van der Waals surface area contributed by atoms with Crippen molar-refractivity contribution in [1.82, 2.24) is 9.88 Å². The van der Waals surface area contributed by atoms with E-state index in [1.807, 2.05) is 43.1 Å². The molecule has 0 saturated carbocycles. The third-order valence-corrected chi connectivity index (χ3v) is 4.17. The lowest BCUT2D eigenvalue weighted by Crippen LogP contribution is -2.55. The van der Waals surface area contributed by atoms with Crippen LogP contribution in [-0.2, 0) is 16.0 Å². The number of nitrogens with one attached hydrogen (secondary N) is 1. The lowest BCUT2D eigenvalue weighted by molar-refractivity contribution is -0.147. The molecule has 1 atom stereocenters. The van der Waals surface area contributed by atoms with Crippen molar-refractivity contribution in [2.75, 3.05) is 19.7 Å². The van der Waals surface area contributed by atoms with E-state index in [0.29, 0.717) is 26.1 Å². The van der Waals surface area contributed by atoms with E-state index in [0.717, 1.165) is 16.5 Å². The molecule has 1 aromatic heterocycles. The van der Waals surface area contributed by atoms with Crippen molar-refractivity contribution in [3.8, 4) is 0 Å². The molecular weight excluding hydrogens is 278 g/mol. The number of benzene rings is 1. The predicted octanol–water partition coefficient (Wildman–Crippen LogP) is 1.68. The van der Waals surface area contributed by atoms with Gasteiger partial charge < -0.3 is 20.4 Å². The zero-order chi connectivity index (χ0) is 15.7. The van der Waals surface area contributed by atoms with Crippen molar-refractivity contribution in [2.45, 2.75) is 31.9 Å². The Morgan fingerprint density at radius 3 is 3.00 bits per heavy atom. The number of hydrogen-bond donors (Lipinski definition) is 2. The highest BCUT2D eigenvalue weighted by atomic mass is 16.5. The van der Waals surface area contributed by atoms with E-state index >= 15 is 0 Å². The minimum atomic E-state index is -0.520.